The number of rotatable bonds is 8. The third kappa shape index (κ3) is 11.2. The number of aromatic carboxylic acids is 1. The summed E-state index contributed by atoms with van der Waals surface area (Å²) in [7, 11) is 6.08. The standard InChI is InChI=1S/C12H14N2O4.C9H9NO4.C8H7NO4/c1-13(2)7-6-9-4-5-10(12(15)18-3)8-11(9)14(16)17;1-6-3-4-7(9(11)14-2)5-8(6)10(12)13;1-5-2-3-6(8(10)11)4-7(5)9(12)13/h4-8H,1-3H3;3-5H,1-2H3;2-4H,1H3,(H,10,11)/b7-6+;;. The van der Waals surface area contributed by atoms with Crippen LogP contribution < -0.4 is 0 Å². The lowest BCUT2D eigenvalue weighted by Gasteiger charge is -2.05. The number of nitro groups is 3. The Kier molecular flexibility index (Phi) is 14.0. The van der Waals surface area contributed by atoms with Gasteiger partial charge in [-0.05, 0) is 50.4 Å². The van der Waals surface area contributed by atoms with Crippen LogP contribution >= 0.6 is 0 Å². The second-order valence-electron chi connectivity index (χ2n) is 9.12. The van der Waals surface area contributed by atoms with Gasteiger partial charge in [0.25, 0.3) is 17.1 Å². The van der Waals surface area contributed by atoms with Crippen LogP contribution in [-0.4, -0.2) is 71.0 Å². The summed E-state index contributed by atoms with van der Waals surface area (Å²) in [5, 5.41) is 40.4. The van der Waals surface area contributed by atoms with Gasteiger partial charge in [0.15, 0.2) is 0 Å². The van der Waals surface area contributed by atoms with Crippen LogP contribution in [0.4, 0.5) is 17.1 Å². The maximum Gasteiger partial charge on any atom is 0.338 e. The number of carbonyl (C=O) groups excluding carboxylic acids is 2. The highest BCUT2D eigenvalue weighted by molar-refractivity contribution is 5.91. The quantitative estimate of drug-likeness (QED) is 0.193. The van der Waals surface area contributed by atoms with Gasteiger partial charge in [0, 0.05) is 43.4 Å². The zero-order valence-corrected chi connectivity index (χ0v) is 25.1. The number of benzene rings is 3. The van der Waals surface area contributed by atoms with Gasteiger partial charge in [-0.3, -0.25) is 30.3 Å². The Bertz CT molecular complexity index is 1630. The number of ether oxygens (including phenoxy) is 2. The molecule has 0 aliphatic heterocycles. The number of hydrogen-bond acceptors (Lipinski definition) is 12. The Labute approximate surface area is 256 Å². The minimum absolute atomic E-state index is 0.0719. The lowest BCUT2D eigenvalue weighted by atomic mass is 10.1. The minimum Gasteiger partial charge on any atom is -0.478 e. The summed E-state index contributed by atoms with van der Waals surface area (Å²) in [5.41, 5.74) is 1.30. The van der Waals surface area contributed by atoms with E-state index in [1.807, 2.05) is 14.1 Å². The molecule has 1 N–H and O–H groups in total. The smallest absolute Gasteiger partial charge is 0.338 e. The number of aryl methyl sites for hydroxylation is 2. The molecule has 238 valence electrons. The zero-order chi connectivity index (χ0) is 34.4. The average molecular weight is 627 g/mol. The molecule has 45 heavy (non-hydrogen) atoms. The van der Waals surface area contributed by atoms with E-state index in [9.17, 15) is 44.7 Å². The summed E-state index contributed by atoms with van der Waals surface area (Å²) in [6.07, 6.45) is 3.30. The van der Waals surface area contributed by atoms with Crippen LogP contribution in [0.2, 0.25) is 0 Å². The topological polar surface area (TPSA) is 223 Å². The van der Waals surface area contributed by atoms with E-state index in [1.165, 1.54) is 62.8 Å². The maximum atomic E-state index is 11.3. The molecular weight excluding hydrogens is 596 g/mol. The number of carboxylic acid groups (broad SMARTS) is 1. The molecule has 16 nitrogen and oxygen atoms in total. The molecule has 0 radical (unpaired) electrons. The van der Waals surface area contributed by atoms with Crippen LogP contribution in [0.1, 0.15) is 47.8 Å². The average Bonchev–Trinajstić information content (AvgIpc) is 2.99. The highest BCUT2D eigenvalue weighted by Gasteiger charge is 2.17. The SMILES string of the molecule is COC(=O)c1ccc(/C=C/N(C)C)c([N+](=O)[O-])c1.COC(=O)c1ccc(C)c([N+](=O)[O-])c1.Cc1ccc(C(=O)O)cc1[N+](=O)[O-]. The fourth-order valence-corrected chi connectivity index (χ4v) is 3.31. The highest BCUT2D eigenvalue weighted by atomic mass is 16.6. The number of carbonyl (C=O) groups is 3. The number of nitrogens with zero attached hydrogens (tertiary/aromatic N) is 4. The van der Waals surface area contributed by atoms with Crippen molar-refractivity contribution in [3.05, 3.63) is 125 Å². The fourth-order valence-electron chi connectivity index (χ4n) is 3.31. The van der Waals surface area contributed by atoms with Crippen LogP contribution in [0.15, 0.2) is 60.8 Å². The molecule has 0 bridgehead atoms. The van der Waals surface area contributed by atoms with Gasteiger partial charge >= 0.3 is 17.9 Å². The number of esters is 2. The van der Waals surface area contributed by atoms with E-state index in [4.69, 9.17) is 5.11 Å². The van der Waals surface area contributed by atoms with E-state index >= 15 is 0 Å². The summed E-state index contributed by atoms with van der Waals surface area (Å²) in [4.78, 5) is 64.8. The van der Waals surface area contributed by atoms with Gasteiger partial charge in [0.2, 0.25) is 0 Å². The van der Waals surface area contributed by atoms with Gasteiger partial charge in [0.1, 0.15) is 0 Å². The van der Waals surface area contributed by atoms with Crippen molar-refractivity contribution in [3.8, 4) is 0 Å². The zero-order valence-electron chi connectivity index (χ0n) is 25.1. The van der Waals surface area contributed by atoms with Gasteiger partial charge in [-0.2, -0.15) is 0 Å². The predicted molar refractivity (Wildman–Crippen MR) is 161 cm³/mol. The van der Waals surface area contributed by atoms with E-state index in [1.54, 1.807) is 31.0 Å². The largest absolute Gasteiger partial charge is 0.478 e. The third-order valence-corrected chi connectivity index (χ3v) is 5.68. The second-order valence-corrected chi connectivity index (χ2v) is 9.12. The fraction of sp³-hybridized carbons (Fsp3) is 0.207. The number of hydrogen-bond donors (Lipinski definition) is 1. The van der Waals surface area contributed by atoms with Crippen molar-refractivity contribution in [2.45, 2.75) is 13.8 Å². The first-order valence-corrected chi connectivity index (χ1v) is 12.6. The molecule has 0 unspecified atom stereocenters. The van der Waals surface area contributed by atoms with Gasteiger partial charge in [-0.15, -0.1) is 0 Å². The second kappa shape index (κ2) is 17.1. The highest BCUT2D eigenvalue weighted by Crippen LogP contribution is 2.23. The van der Waals surface area contributed by atoms with Crippen molar-refractivity contribution in [1.82, 2.24) is 4.90 Å². The summed E-state index contributed by atoms with van der Waals surface area (Å²) in [6.45, 7) is 3.17. The molecule has 0 atom stereocenters. The van der Waals surface area contributed by atoms with Crippen molar-refractivity contribution in [2.75, 3.05) is 28.3 Å². The van der Waals surface area contributed by atoms with Crippen molar-refractivity contribution in [1.29, 1.82) is 0 Å². The summed E-state index contributed by atoms with van der Waals surface area (Å²) in [5.74, 6) is -2.34. The minimum atomic E-state index is -1.16. The Morgan fingerprint density at radius 1 is 0.689 bits per heavy atom. The molecule has 3 aromatic carbocycles. The van der Waals surface area contributed by atoms with Crippen LogP contribution in [0.25, 0.3) is 6.08 Å². The van der Waals surface area contributed by atoms with Crippen molar-refractivity contribution >= 4 is 41.0 Å². The number of nitro benzene ring substituents is 3. The predicted octanol–water partition coefficient (Wildman–Crippen LogP) is 5.20. The molecule has 0 fully saturated rings. The molecule has 0 spiro atoms. The molecule has 0 heterocycles. The van der Waals surface area contributed by atoms with Gasteiger partial charge in [-0.25, -0.2) is 14.4 Å². The van der Waals surface area contributed by atoms with E-state index in [-0.39, 0.29) is 33.8 Å². The van der Waals surface area contributed by atoms with Crippen LogP contribution in [0.3, 0.4) is 0 Å². The lowest BCUT2D eigenvalue weighted by Crippen LogP contribution is -2.03. The Hall–Kier alpha value is -6.19. The van der Waals surface area contributed by atoms with Gasteiger partial charge < -0.3 is 19.5 Å². The van der Waals surface area contributed by atoms with Crippen LogP contribution in [0.5, 0.6) is 0 Å². The molecule has 0 saturated carbocycles. The molecule has 0 saturated heterocycles. The van der Waals surface area contributed by atoms with E-state index in [2.05, 4.69) is 9.47 Å². The Balaban J connectivity index is 0.000000343. The first-order chi connectivity index (χ1) is 21.0. The summed E-state index contributed by atoms with van der Waals surface area (Å²) in [6, 6.07) is 12.3. The first-order valence-electron chi connectivity index (χ1n) is 12.6. The molecule has 0 amide bonds. The maximum absolute atomic E-state index is 11.3. The van der Waals surface area contributed by atoms with Gasteiger partial charge in [0.05, 0.1) is 51.2 Å². The van der Waals surface area contributed by atoms with Crippen molar-refractivity contribution < 1.29 is 43.7 Å². The summed E-state index contributed by atoms with van der Waals surface area (Å²) < 4.78 is 8.97. The molecule has 16 heteroatoms. The van der Waals surface area contributed by atoms with Crippen LogP contribution in [-0.2, 0) is 9.47 Å². The van der Waals surface area contributed by atoms with E-state index < -0.39 is 32.7 Å². The van der Waals surface area contributed by atoms with Crippen molar-refractivity contribution in [2.24, 2.45) is 0 Å². The van der Waals surface area contributed by atoms with Crippen LogP contribution in [0, 0.1) is 44.2 Å². The van der Waals surface area contributed by atoms with Gasteiger partial charge in [-0.1, -0.05) is 12.1 Å². The molecular formula is C29H30N4O12. The molecule has 0 aliphatic rings. The number of carboxylic acids is 1. The molecule has 0 aliphatic carbocycles. The monoisotopic (exact) mass is 626 g/mol. The Morgan fingerprint density at radius 3 is 1.44 bits per heavy atom. The summed E-state index contributed by atoms with van der Waals surface area (Å²) >= 11 is 0. The van der Waals surface area contributed by atoms with E-state index in [0.717, 1.165) is 6.07 Å². The molecule has 0 aromatic heterocycles. The Morgan fingerprint density at radius 2 is 1.07 bits per heavy atom. The third-order valence-electron chi connectivity index (χ3n) is 5.68. The van der Waals surface area contributed by atoms with Crippen molar-refractivity contribution in [3.63, 3.8) is 0 Å². The molecule has 3 rings (SSSR count). The van der Waals surface area contributed by atoms with E-state index in [0.29, 0.717) is 16.7 Å². The number of methoxy groups -OCH3 is 2. The normalized spacial score (nSPS) is 9.91. The lowest BCUT2D eigenvalue weighted by molar-refractivity contribution is -0.385. The first kappa shape index (κ1) is 36.8. The molecule has 3 aromatic rings.